The lowest BCUT2D eigenvalue weighted by molar-refractivity contribution is -0.131. The Balaban J connectivity index is 1.74. The number of carbonyl (C=O) groups excluding carboxylic acids is 1. The van der Waals surface area contributed by atoms with Crippen LogP contribution in [0.4, 0.5) is 0 Å². The van der Waals surface area contributed by atoms with Crippen molar-refractivity contribution in [2.75, 3.05) is 14.2 Å². The van der Waals surface area contributed by atoms with Gasteiger partial charge in [-0.25, -0.2) is 0 Å². The minimum atomic E-state index is 0.0219. The molecule has 4 nitrogen and oxygen atoms in total. The van der Waals surface area contributed by atoms with Crippen LogP contribution in [0.15, 0.2) is 53.9 Å². The summed E-state index contributed by atoms with van der Waals surface area (Å²) in [5.41, 5.74) is 4.31. The van der Waals surface area contributed by atoms with Gasteiger partial charge in [-0.1, -0.05) is 42.0 Å². The average molecular weight is 399 g/mol. The van der Waals surface area contributed by atoms with Crippen molar-refractivity contribution in [1.29, 1.82) is 0 Å². The molecule has 3 aromatic rings. The number of amides is 1. The average Bonchev–Trinajstić information content (AvgIpc) is 3.03. The Hall–Kier alpha value is -2.44. The predicted octanol–water partition coefficient (Wildman–Crippen LogP) is 4.92. The van der Waals surface area contributed by atoms with Crippen LogP contribution in [0.25, 0.3) is 11.3 Å². The van der Waals surface area contributed by atoms with E-state index in [9.17, 15) is 4.79 Å². The second-order valence-electron chi connectivity index (χ2n) is 6.44. The van der Waals surface area contributed by atoms with Gasteiger partial charge < -0.3 is 14.2 Å². The number of ether oxygens (including phenoxy) is 1. The maximum absolute atomic E-state index is 12.8. The van der Waals surface area contributed by atoms with E-state index >= 15 is 0 Å². The summed E-state index contributed by atoms with van der Waals surface area (Å²) in [5, 5.41) is 2.02. The molecule has 0 unspecified atom stereocenters. The second kappa shape index (κ2) is 8.50. The highest BCUT2D eigenvalue weighted by molar-refractivity contribution is 7.73. The van der Waals surface area contributed by atoms with Crippen molar-refractivity contribution in [3.8, 4) is 17.0 Å². The number of hydrogen-bond acceptors (Lipinski definition) is 4. The lowest BCUT2D eigenvalue weighted by Crippen LogP contribution is -2.30. The molecule has 0 atom stereocenters. The summed E-state index contributed by atoms with van der Waals surface area (Å²) >= 11 is 6.94. The van der Waals surface area contributed by atoms with Gasteiger partial charge in [-0.15, -0.1) is 11.3 Å². The first kappa shape index (κ1) is 19.3. The van der Waals surface area contributed by atoms with Crippen LogP contribution in [0, 0.1) is 10.9 Å². The molecule has 6 heteroatoms. The lowest BCUT2D eigenvalue weighted by Gasteiger charge is -2.19. The van der Waals surface area contributed by atoms with Crippen LogP contribution >= 0.6 is 23.6 Å². The van der Waals surface area contributed by atoms with Crippen LogP contribution in [0.5, 0.6) is 5.75 Å². The molecule has 27 heavy (non-hydrogen) atoms. The predicted molar refractivity (Wildman–Crippen MR) is 113 cm³/mol. The number of carbonyl (C=O) groups is 1. The van der Waals surface area contributed by atoms with Gasteiger partial charge in [-0.3, -0.25) is 4.79 Å². The number of aromatic nitrogens is 1. The summed E-state index contributed by atoms with van der Waals surface area (Å²) in [6, 6.07) is 16.0. The molecule has 0 spiro atoms. The minimum Gasteiger partial charge on any atom is -0.497 e. The largest absolute Gasteiger partial charge is 0.497 e. The van der Waals surface area contributed by atoms with Crippen molar-refractivity contribution in [1.82, 2.24) is 9.47 Å². The third-order valence-corrected chi connectivity index (χ3v) is 5.70. The van der Waals surface area contributed by atoms with E-state index in [4.69, 9.17) is 17.0 Å². The van der Waals surface area contributed by atoms with E-state index in [0.717, 1.165) is 22.6 Å². The summed E-state index contributed by atoms with van der Waals surface area (Å²) in [5.74, 6) is 0.828. The van der Waals surface area contributed by atoms with Crippen LogP contribution in [0.3, 0.4) is 0 Å². The lowest BCUT2D eigenvalue weighted by atomic mass is 10.1. The molecule has 1 heterocycles. The molecule has 0 radical (unpaired) electrons. The molecule has 0 aliphatic carbocycles. The van der Waals surface area contributed by atoms with Gasteiger partial charge in [0.25, 0.3) is 0 Å². The molecule has 0 aliphatic rings. The van der Waals surface area contributed by atoms with Crippen molar-refractivity contribution in [2.24, 2.45) is 0 Å². The van der Waals surface area contributed by atoms with Crippen molar-refractivity contribution in [3.05, 3.63) is 69.0 Å². The topological polar surface area (TPSA) is 34.5 Å². The molecule has 3 rings (SSSR count). The number of nitrogens with zero attached hydrogens (tertiary/aromatic N) is 2. The third-order valence-electron chi connectivity index (χ3n) is 4.43. The molecule has 2 aromatic carbocycles. The zero-order valence-electron chi connectivity index (χ0n) is 15.6. The van der Waals surface area contributed by atoms with Gasteiger partial charge in [-0.05, 0) is 42.4 Å². The van der Waals surface area contributed by atoms with E-state index in [2.05, 4.69) is 31.2 Å². The summed E-state index contributed by atoms with van der Waals surface area (Å²) in [4.78, 5) is 14.5. The molecule has 0 aliphatic heterocycles. The zero-order chi connectivity index (χ0) is 19.4. The quantitative estimate of drug-likeness (QED) is 0.553. The fourth-order valence-corrected chi connectivity index (χ4v) is 3.85. The fraction of sp³-hybridized carbons (Fsp3) is 0.238. The van der Waals surface area contributed by atoms with Crippen molar-refractivity contribution < 1.29 is 9.53 Å². The van der Waals surface area contributed by atoms with E-state index in [1.807, 2.05) is 41.3 Å². The van der Waals surface area contributed by atoms with Gasteiger partial charge in [0.2, 0.25) is 5.91 Å². The molecule has 0 N–H and O–H groups in total. The van der Waals surface area contributed by atoms with E-state index in [-0.39, 0.29) is 12.5 Å². The second-order valence-corrected chi connectivity index (χ2v) is 7.94. The monoisotopic (exact) mass is 398 g/mol. The van der Waals surface area contributed by atoms with E-state index < -0.39 is 0 Å². The van der Waals surface area contributed by atoms with Crippen molar-refractivity contribution in [2.45, 2.75) is 20.0 Å². The van der Waals surface area contributed by atoms with Crippen molar-refractivity contribution >= 4 is 29.5 Å². The van der Waals surface area contributed by atoms with Gasteiger partial charge in [0.15, 0.2) is 3.95 Å². The Morgan fingerprint density at radius 3 is 2.44 bits per heavy atom. The highest BCUT2D eigenvalue weighted by Crippen LogP contribution is 2.24. The molecule has 1 aromatic heterocycles. The van der Waals surface area contributed by atoms with Gasteiger partial charge in [-0.2, -0.15) is 0 Å². The minimum absolute atomic E-state index is 0.0219. The van der Waals surface area contributed by atoms with Crippen LogP contribution < -0.4 is 4.74 Å². The van der Waals surface area contributed by atoms with Crippen LogP contribution in [-0.4, -0.2) is 29.5 Å². The molecular formula is C21H22N2O2S2. The molecule has 140 valence electrons. The summed E-state index contributed by atoms with van der Waals surface area (Å²) < 4.78 is 7.79. The fourth-order valence-electron chi connectivity index (χ4n) is 2.78. The highest BCUT2D eigenvalue weighted by atomic mass is 32.1. The number of thiazole rings is 1. The molecule has 0 bridgehead atoms. The molecule has 0 saturated heterocycles. The van der Waals surface area contributed by atoms with E-state index in [1.165, 1.54) is 16.9 Å². The van der Waals surface area contributed by atoms with Gasteiger partial charge in [0, 0.05) is 19.0 Å². The third kappa shape index (κ3) is 4.64. The summed E-state index contributed by atoms with van der Waals surface area (Å²) in [6.07, 6.45) is 0. The Labute approximate surface area is 168 Å². The maximum atomic E-state index is 12.8. The Bertz CT molecular complexity index is 973. The first-order valence-corrected chi connectivity index (χ1v) is 9.89. The molecule has 1 amide bonds. The summed E-state index contributed by atoms with van der Waals surface area (Å²) in [7, 11) is 3.45. The number of aryl methyl sites for hydroxylation is 1. The molecule has 0 fully saturated rings. The summed E-state index contributed by atoms with van der Waals surface area (Å²) in [6.45, 7) is 2.83. The molecular weight excluding hydrogens is 376 g/mol. The Kier molecular flexibility index (Phi) is 6.08. The Morgan fingerprint density at radius 2 is 1.81 bits per heavy atom. The smallest absolute Gasteiger partial charge is 0.242 e. The first-order chi connectivity index (χ1) is 13.0. The standard InChI is InChI=1S/C21H22N2O2S2/c1-15-4-8-17(9-5-15)19-14-27-21(26)23(19)13-20(24)22(2)12-16-6-10-18(25-3)11-7-16/h4-11,14H,12-13H2,1-3H3. The highest BCUT2D eigenvalue weighted by Gasteiger charge is 2.14. The van der Waals surface area contributed by atoms with Gasteiger partial charge in [0.1, 0.15) is 12.3 Å². The normalized spacial score (nSPS) is 10.6. The van der Waals surface area contributed by atoms with E-state index in [0.29, 0.717) is 10.5 Å². The van der Waals surface area contributed by atoms with Crippen LogP contribution in [0.1, 0.15) is 11.1 Å². The van der Waals surface area contributed by atoms with Crippen molar-refractivity contribution in [3.63, 3.8) is 0 Å². The van der Waals surface area contributed by atoms with Gasteiger partial charge in [0.05, 0.1) is 12.8 Å². The molecule has 0 saturated carbocycles. The van der Waals surface area contributed by atoms with E-state index in [1.54, 1.807) is 12.0 Å². The van der Waals surface area contributed by atoms with Gasteiger partial charge >= 0.3 is 0 Å². The number of benzene rings is 2. The van der Waals surface area contributed by atoms with Crippen LogP contribution in [-0.2, 0) is 17.9 Å². The Morgan fingerprint density at radius 1 is 1.15 bits per heavy atom. The number of likely N-dealkylation sites (N-methyl/N-ethyl adjacent to an activating group) is 1. The SMILES string of the molecule is COc1ccc(CN(C)C(=O)Cn2c(-c3ccc(C)cc3)csc2=S)cc1. The van der Waals surface area contributed by atoms with Crippen LogP contribution in [0.2, 0.25) is 0 Å². The first-order valence-electron chi connectivity index (χ1n) is 8.60. The number of hydrogen-bond donors (Lipinski definition) is 0. The maximum Gasteiger partial charge on any atom is 0.242 e. The number of rotatable bonds is 6. The zero-order valence-corrected chi connectivity index (χ0v) is 17.3. The number of methoxy groups -OCH3 is 1.